The lowest BCUT2D eigenvalue weighted by molar-refractivity contribution is -0.377. The zero-order chi connectivity index (χ0) is 6.24. The first-order chi connectivity index (χ1) is 4.00. The summed E-state index contributed by atoms with van der Waals surface area (Å²) >= 11 is 2.15. The first-order valence-electron chi connectivity index (χ1n) is 2.29. The van der Waals surface area contributed by atoms with Crippen LogP contribution in [0.1, 0.15) is 0 Å². The van der Waals surface area contributed by atoms with Gasteiger partial charge in [-0.05, 0) is 4.93 Å². The van der Waals surface area contributed by atoms with Crippen molar-refractivity contribution >= 4 is 22.6 Å². The van der Waals surface area contributed by atoms with Gasteiger partial charge in [0.05, 0.1) is 0 Å². The quantitative estimate of drug-likeness (QED) is 0.399. The van der Waals surface area contributed by atoms with Crippen molar-refractivity contribution in [2.45, 2.75) is 0 Å². The Labute approximate surface area is 75.4 Å². The number of alkyl halides is 1. The predicted octanol–water partition coefficient (Wildman–Crippen LogP) is -1.44. The maximum absolute atomic E-state index is 2.89. The van der Waals surface area contributed by atoms with E-state index >= 15 is 0 Å². The number of nitrogens with one attached hydrogen (secondary N) is 1. The van der Waals surface area contributed by atoms with Gasteiger partial charge < -0.3 is 12.4 Å². The number of aromatic amines is 1. The summed E-state index contributed by atoms with van der Waals surface area (Å²) in [6.07, 6.45) is 3.75. The monoisotopic (exact) mass is 257 g/mol. The highest BCUT2D eigenvalue weighted by Crippen LogP contribution is 1.68. The van der Waals surface area contributed by atoms with Crippen LogP contribution in [0.15, 0.2) is 30.6 Å². The van der Waals surface area contributed by atoms with Gasteiger partial charge in [0.2, 0.25) is 0 Å². The van der Waals surface area contributed by atoms with E-state index in [1.807, 2.05) is 35.5 Å². The number of rotatable bonds is 0. The number of hydrogen-bond acceptors (Lipinski definition) is 0. The fraction of sp³-hybridized carbons (Fsp3) is 0.167. The second kappa shape index (κ2) is 11.0. The summed E-state index contributed by atoms with van der Waals surface area (Å²) in [5.41, 5.74) is 0. The zero-order valence-corrected chi connectivity index (χ0v) is 8.06. The highest BCUT2D eigenvalue weighted by molar-refractivity contribution is 14.1. The summed E-state index contributed by atoms with van der Waals surface area (Å²) in [5.74, 6) is 0. The third kappa shape index (κ3) is 8.17. The van der Waals surface area contributed by atoms with E-state index in [4.69, 9.17) is 0 Å². The molecule has 0 unspecified atom stereocenters. The SMILES string of the molecule is CI.[Cl-].c1cc[nH+]cc1. The van der Waals surface area contributed by atoms with Gasteiger partial charge in [0, 0.05) is 12.1 Å². The van der Waals surface area contributed by atoms with E-state index in [1.54, 1.807) is 0 Å². The van der Waals surface area contributed by atoms with Crippen molar-refractivity contribution in [1.29, 1.82) is 0 Å². The number of H-pyrrole nitrogens is 1. The molecule has 1 nitrogen and oxygen atoms in total. The maximum Gasteiger partial charge on any atom is 0.166 e. The Morgan fingerprint density at radius 2 is 1.44 bits per heavy atom. The Kier molecular flexibility index (Phi) is 14.6. The molecule has 0 aliphatic carbocycles. The lowest BCUT2D eigenvalue weighted by Gasteiger charge is -1.63. The number of halogens is 2. The van der Waals surface area contributed by atoms with Gasteiger partial charge in [0.1, 0.15) is 0 Å². The molecule has 0 saturated carbocycles. The topological polar surface area (TPSA) is 14.1 Å². The Balaban J connectivity index is 0. The lowest BCUT2D eigenvalue weighted by atomic mass is 10.5. The molecule has 3 heteroatoms. The molecule has 1 heterocycles. The van der Waals surface area contributed by atoms with Crippen LogP contribution in [0, 0.1) is 0 Å². The van der Waals surface area contributed by atoms with Gasteiger partial charge in [0.15, 0.2) is 12.4 Å². The summed E-state index contributed by atoms with van der Waals surface area (Å²) in [4.78, 5) is 4.86. The normalized spacial score (nSPS) is 6.00. The maximum atomic E-state index is 2.89. The molecule has 1 aromatic heterocycles. The average molecular weight is 258 g/mol. The molecule has 0 aliphatic rings. The van der Waals surface area contributed by atoms with Crippen molar-refractivity contribution in [2.24, 2.45) is 0 Å². The van der Waals surface area contributed by atoms with Gasteiger partial charge >= 0.3 is 0 Å². The lowest BCUT2D eigenvalue weighted by Crippen LogP contribution is -3.00. The second-order valence-electron chi connectivity index (χ2n) is 1.08. The van der Waals surface area contributed by atoms with Crippen LogP contribution in [-0.2, 0) is 0 Å². The van der Waals surface area contributed by atoms with E-state index < -0.39 is 0 Å². The first-order valence-corrected chi connectivity index (χ1v) is 4.45. The third-order valence-corrected chi connectivity index (χ3v) is 0.607. The van der Waals surface area contributed by atoms with Gasteiger partial charge in [0.25, 0.3) is 0 Å². The molecule has 0 aromatic carbocycles. The van der Waals surface area contributed by atoms with Gasteiger partial charge in [-0.25, -0.2) is 4.98 Å². The van der Waals surface area contributed by atoms with Crippen molar-refractivity contribution in [3.63, 3.8) is 0 Å². The van der Waals surface area contributed by atoms with Crippen LogP contribution in [0.25, 0.3) is 0 Å². The van der Waals surface area contributed by atoms with Crippen LogP contribution in [0.5, 0.6) is 0 Å². The number of hydrogen-bond donors (Lipinski definition) is 0. The number of pyridine rings is 1. The summed E-state index contributed by atoms with van der Waals surface area (Å²) in [6.45, 7) is 0. The standard InChI is InChI=1S/C5H5N.CH3I.ClH/c1-2-4-6-5-3-1;1-2;/h1-5H;1H3;1H. The van der Waals surface area contributed by atoms with Crippen molar-refractivity contribution in [2.75, 3.05) is 4.93 Å². The molecular weight excluding hydrogens is 248 g/mol. The molecule has 1 aromatic rings. The molecule has 1 rings (SSSR count). The smallest absolute Gasteiger partial charge is 0.166 e. The van der Waals surface area contributed by atoms with E-state index in [-0.39, 0.29) is 12.4 Å². The second-order valence-corrected chi connectivity index (χ2v) is 1.08. The van der Waals surface area contributed by atoms with Gasteiger partial charge in [-0.3, -0.25) is 0 Å². The van der Waals surface area contributed by atoms with E-state index in [9.17, 15) is 0 Å². The minimum atomic E-state index is 0. The minimum Gasteiger partial charge on any atom is -1.00 e. The predicted molar refractivity (Wildman–Crippen MR) is 42.9 cm³/mol. The minimum absolute atomic E-state index is 0. The Bertz CT molecular complexity index is 85.0. The molecule has 0 radical (unpaired) electrons. The van der Waals surface area contributed by atoms with Crippen LogP contribution >= 0.6 is 22.6 Å². The van der Waals surface area contributed by atoms with Crippen LogP contribution in [0.3, 0.4) is 0 Å². The summed E-state index contributed by atoms with van der Waals surface area (Å²) < 4.78 is 0. The summed E-state index contributed by atoms with van der Waals surface area (Å²) in [7, 11) is 0. The average Bonchev–Trinajstić information content (AvgIpc) is 1.96. The third-order valence-electron chi connectivity index (χ3n) is 0.607. The number of aromatic nitrogens is 1. The molecule has 0 fully saturated rings. The summed E-state index contributed by atoms with van der Waals surface area (Å²) in [6, 6.07) is 5.86. The fourth-order valence-electron chi connectivity index (χ4n) is 0.342. The van der Waals surface area contributed by atoms with Crippen molar-refractivity contribution in [1.82, 2.24) is 0 Å². The van der Waals surface area contributed by atoms with E-state index in [1.165, 1.54) is 0 Å². The van der Waals surface area contributed by atoms with Gasteiger partial charge in [-0.2, -0.15) is 0 Å². The van der Waals surface area contributed by atoms with Crippen LogP contribution in [-0.4, -0.2) is 4.93 Å². The molecule has 0 saturated heterocycles. The Morgan fingerprint density at radius 3 is 1.56 bits per heavy atom. The molecule has 0 atom stereocenters. The van der Waals surface area contributed by atoms with Crippen LogP contribution < -0.4 is 17.4 Å². The molecule has 9 heavy (non-hydrogen) atoms. The largest absolute Gasteiger partial charge is 1.00 e. The van der Waals surface area contributed by atoms with Crippen molar-refractivity contribution in [3.05, 3.63) is 30.6 Å². The van der Waals surface area contributed by atoms with Crippen LogP contribution in [0.2, 0.25) is 0 Å². The molecule has 52 valence electrons. The molecule has 1 N–H and O–H groups in total. The highest BCUT2D eigenvalue weighted by atomic mass is 127. The molecule has 0 aliphatic heterocycles. The Hall–Kier alpha value is 0.170. The zero-order valence-electron chi connectivity index (χ0n) is 5.14. The summed E-state index contributed by atoms with van der Waals surface area (Å²) in [5, 5.41) is 0. The van der Waals surface area contributed by atoms with Crippen molar-refractivity contribution < 1.29 is 17.4 Å². The first kappa shape index (κ1) is 11.9. The molecule has 0 bridgehead atoms. The van der Waals surface area contributed by atoms with Gasteiger partial charge in [-0.1, -0.05) is 28.7 Å². The fourth-order valence-corrected chi connectivity index (χ4v) is 0.342. The molecule has 0 amide bonds. The highest BCUT2D eigenvalue weighted by Gasteiger charge is 1.65. The Morgan fingerprint density at radius 1 is 1.00 bits per heavy atom. The van der Waals surface area contributed by atoms with Gasteiger partial charge in [-0.15, -0.1) is 0 Å². The molecular formula is C6H9ClIN. The van der Waals surface area contributed by atoms with Crippen molar-refractivity contribution in [3.8, 4) is 0 Å². The van der Waals surface area contributed by atoms with E-state index in [0.717, 1.165) is 0 Å². The van der Waals surface area contributed by atoms with E-state index in [0.29, 0.717) is 0 Å². The molecule has 0 spiro atoms. The van der Waals surface area contributed by atoms with Crippen LogP contribution in [0.4, 0.5) is 0 Å². The van der Waals surface area contributed by atoms with E-state index in [2.05, 4.69) is 27.6 Å².